The number of hydrogen-bond donors (Lipinski definition) is 0. The Balaban J connectivity index is 4.08. The van der Waals surface area contributed by atoms with Gasteiger partial charge in [0.15, 0.2) is 6.10 Å². The second-order valence-corrected chi connectivity index (χ2v) is 25.2. The molecule has 0 fully saturated rings. The third-order valence-corrected chi connectivity index (χ3v) is 15.6. The smallest absolute Gasteiger partial charge is 0.306 e. The van der Waals surface area contributed by atoms with Crippen molar-refractivity contribution in [2.75, 3.05) is 47.5 Å². The van der Waals surface area contributed by atoms with Gasteiger partial charge in [0.1, 0.15) is 19.8 Å². The Bertz CT molecular complexity index is 1710. The lowest BCUT2D eigenvalue weighted by Crippen LogP contribution is -2.37. The zero-order chi connectivity index (χ0) is 59.8. The molecule has 10 heteroatoms. The monoisotopic (exact) mass is 1170 g/mol. The van der Waals surface area contributed by atoms with Gasteiger partial charge in [-0.2, -0.15) is 0 Å². The predicted molar refractivity (Wildman–Crippen MR) is 351 cm³/mol. The molecule has 0 aromatic rings. The number of unbranched alkanes of at least 4 members (excludes halogenated alkanes) is 32. The lowest BCUT2D eigenvalue weighted by Gasteiger charge is -2.28. The average molecular weight is 1170 g/mol. The van der Waals surface area contributed by atoms with Gasteiger partial charge >= 0.3 is 11.9 Å². The van der Waals surface area contributed by atoms with Gasteiger partial charge in [-0.3, -0.25) is 14.2 Å². The SMILES string of the molecule is CC/C=C\C/C=C\C/C=C\C/C=C\C/C=C\C/C=C\CCCCCCCCCCCCCCC(=O)OC(COC(=O)CCCCCCCCCCCCCCCCC/C=C\C/C=C\CCCCCCC)COP(=O)([O-])OCC[N+](C)(C)C. The van der Waals surface area contributed by atoms with E-state index in [2.05, 4.69) is 111 Å². The Morgan fingerprint density at radius 3 is 1.04 bits per heavy atom. The molecular formula is C72H128NO8P. The average Bonchev–Trinajstić information content (AvgIpc) is 3.46. The third-order valence-electron chi connectivity index (χ3n) is 14.6. The van der Waals surface area contributed by atoms with Crippen molar-refractivity contribution in [2.24, 2.45) is 0 Å². The highest BCUT2D eigenvalue weighted by molar-refractivity contribution is 7.45. The normalized spacial score (nSPS) is 13.8. The van der Waals surface area contributed by atoms with Gasteiger partial charge in [-0.1, -0.05) is 284 Å². The van der Waals surface area contributed by atoms with Crippen molar-refractivity contribution in [1.82, 2.24) is 0 Å². The molecule has 0 aliphatic carbocycles. The first-order valence-electron chi connectivity index (χ1n) is 33.9. The summed E-state index contributed by atoms with van der Waals surface area (Å²) in [6.45, 7) is 4.14. The number of phosphoric ester groups is 1. The van der Waals surface area contributed by atoms with Gasteiger partial charge in [-0.25, -0.2) is 0 Å². The summed E-state index contributed by atoms with van der Waals surface area (Å²) in [6, 6.07) is 0. The number of rotatable bonds is 62. The zero-order valence-corrected chi connectivity index (χ0v) is 54.8. The van der Waals surface area contributed by atoms with E-state index in [1.54, 1.807) is 0 Å². The Morgan fingerprint density at radius 1 is 0.390 bits per heavy atom. The maximum absolute atomic E-state index is 12.9. The van der Waals surface area contributed by atoms with E-state index in [0.717, 1.165) is 83.5 Å². The Labute approximate surface area is 506 Å². The van der Waals surface area contributed by atoms with E-state index in [-0.39, 0.29) is 32.0 Å². The molecule has 0 saturated carbocycles. The van der Waals surface area contributed by atoms with Gasteiger partial charge in [-0.15, -0.1) is 0 Å². The summed E-state index contributed by atoms with van der Waals surface area (Å²) in [5, 5.41) is 0. The lowest BCUT2D eigenvalue weighted by molar-refractivity contribution is -0.870. The fraction of sp³-hybridized carbons (Fsp3) is 0.750. The highest BCUT2D eigenvalue weighted by atomic mass is 31.2. The molecular weight excluding hydrogens is 1040 g/mol. The van der Waals surface area contributed by atoms with Crippen molar-refractivity contribution in [3.8, 4) is 0 Å². The van der Waals surface area contributed by atoms with Crippen LogP contribution in [0.1, 0.15) is 296 Å². The summed E-state index contributed by atoms with van der Waals surface area (Å²) in [5.74, 6) is -0.830. The number of hydrogen-bond acceptors (Lipinski definition) is 8. The van der Waals surface area contributed by atoms with Crippen LogP contribution in [0, 0.1) is 0 Å². The molecule has 0 rings (SSSR count). The molecule has 0 heterocycles. The summed E-state index contributed by atoms with van der Waals surface area (Å²) in [6.07, 6.45) is 86.1. The van der Waals surface area contributed by atoms with Crippen molar-refractivity contribution in [1.29, 1.82) is 0 Å². The van der Waals surface area contributed by atoms with Gasteiger partial charge in [0.2, 0.25) is 0 Å². The van der Waals surface area contributed by atoms with E-state index in [0.29, 0.717) is 17.4 Å². The summed E-state index contributed by atoms with van der Waals surface area (Å²) in [5.41, 5.74) is 0. The fourth-order valence-electron chi connectivity index (χ4n) is 9.40. The maximum Gasteiger partial charge on any atom is 0.306 e. The lowest BCUT2D eigenvalue weighted by atomic mass is 10.0. The molecule has 0 amide bonds. The van der Waals surface area contributed by atoms with Gasteiger partial charge < -0.3 is 27.9 Å². The van der Waals surface area contributed by atoms with E-state index in [1.165, 1.54) is 180 Å². The van der Waals surface area contributed by atoms with Crippen LogP contribution in [0.3, 0.4) is 0 Å². The van der Waals surface area contributed by atoms with Crippen LogP contribution in [0.5, 0.6) is 0 Å². The molecule has 0 N–H and O–H groups in total. The van der Waals surface area contributed by atoms with Gasteiger partial charge in [0, 0.05) is 12.8 Å². The van der Waals surface area contributed by atoms with Crippen molar-refractivity contribution in [3.63, 3.8) is 0 Å². The van der Waals surface area contributed by atoms with Crippen LogP contribution in [0.15, 0.2) is 97.2 Å². The first kappa shape index (κ1) is 78.9. The van der Waals surface area contributed by atoms with Gasteiger partial charge in [0.05, 0.1) is 27.7 Å². The number of carbonyl (C=O) groups is 2. The number of allylic oxidation sites excluding steroid dienone is 16. The molecule has 0 aliphatic rings. The van der Waals surface area contributed by atoms with Crippen LogP contribution in [0.4, 0.5) is 0 Å². The molecule has 0 radical (unpaired) electrons. The quantitative estimate of drug-likeness (QED) is 0.0195. The number of phosphoric acid groups is 1. The van der Waals surface area contributed by atoms with Crippen LogP contribution in [0.2, 0.25) is 0 Å². The molecule has 82 heavy (non-hydrogen) atoms. The molecule has 0 spiro atoms. The first-order valence-corrected chi connectivity index (χ1v) is 35.4. The van der Waals surface area contributed by atoms with Crippen LogP contribution in [-0.4, -0.2) is 70.0 Å². The second-order valence-electron chi connectivity index (χ2n) is 23.8. The van der Waals surface area contributed by atoms with Gasteiger partial charge in [0.25, 0.3) is 7.82 Å². The minimum absolute atomic E-state index is 0.0339. The number of esters is 2. The topological polar surface area (TPSA) is 111 Å². The van der Waals surface area contributed by atoms with Crippen LogP contribution < -0.4 is 4.89 Å². The van der Waals surface area contributed by atoms with E-state index in [1.807, 2.05) is 21.1 Å². The van der Waals surface area contributed by atoms with Crippen molar-refractivity contribution >= 4 is 19.8 Å². The third kappa shape index (κ3) is 66.1. The number of quaternary nitrogens is 1. The minimum atomic E-state index is -4.65. The molecule has 9 nitrogen and oxygen atoms in total. The molecule has 0 saturated heterocycles. The zero-order valence-electron chi connectivity index (χ0n) is 53.9. The highest BCUT2D eigenvalue weighted by Gasteiger charge is 2.22. The van der Waals surface area contributed by atoms with Crippen molar-refractivity contribution in [2.45, 2.75) is 302 Å². The van der Waals surface area contributed by atoms with Crippen molar-refractivity contribution in [3.05, 3.63) is 97.2 Å². The van der Waals surface area contributed by atoms with E-state index >= 15 is 0 Å². The predicted octanol–water partition coefficient (Wildman–Crippen LogP) is 21.3. The number of nitrogens with zero attached hydrogens (tertiary/aromatic N) is 1. The molecule has 474 valence electrons. The Kier molecular flexibility index (Phi) is 60.1. The molecule has 2 unspecified atom stereocenters. The Morgan fingerprint density at radius 2 is 0.695 bits per heavy atom. The summed E-state index contributed by atoms with van der Waals surface area (Å²) < 4.78 is 34.3. The number of carbonyl (C=O) groups excluding carboxylic acids is 2. The van der Waals surface area contributed by atoms with E-state index in [9.17, 15) is 19.0 Å². The molecule has 0 aromatic heterocycles. The standard InChI is InChI=1S/C72H128NO8P/c1-6-8-10-12-14-16-18-20-22-24-26-28-30-32-34-35-36-37-39-41-43-45-47-49-51-53-55-57-59-61-63-65-72(75)81-70(69-80-82(76,77)79-67-66-73(3,4)5)68-78-71(74)64-62-60-58-56-54-52-50-48-46-44-42-40-38-33-31-29-27-25-23-21-19-17-15-13-11-9-7-2/h8,10,14,16,19-22,25-28,32,34,36-37,70H,6-7,9,11-13,15,17-18,23-24,29-31,33,35,38-69H2,1-5H3/b10-8-,16-14-,21-19-,22-20-,27-25-,28-26-,34-32-,37-36-. The number of ether oxygens (including phenoxy) is 2. The molecule has 2 atom stereocenters. The summed E-state index contributed by atoms with van der Waals surface area (Å²) in [7, 11) is 1.16. The van der Waals surface area contributed by atoms with Crippen LogP contribution in [0.25, 0.3) is 0 Å². The maximum atomic E-state index is 12.9. The van der Waals surface area contributed by atoms with Gasteiger partial charge in [-0.05, 0) is 96.3 Å². The summed E-state index contributed by atoms with van der Waals surface area (Å²) >= 11 is 0. The Hall–Kier alpha value is -3.07. The second kappa shape index (κ2) is 62.5. The highest BCUT2D eigenvalue weighted by Crippen LogP contribution is 2.38. The van der Waals surface area contributed by atoms with E-state index < -0.39 is 26.5 Å². The summed E-state index contributed by atoms with van der Waals surface area (Å²) in [4.78, 5) is 38.0. The molecule has 0 bridgehead atoms. The fourth-order valence-corrected chi connectivity index (χ4v) is 10.1. The van der Waals surface area contributed by atoms with Crippen LogP contribution >= 0.6 is 7.82 Å². The molecule has 0 aromatic carbocycles. The number of likely N-dealkylation sites (N-methyl/N-ethyl adjacent to an activating group) is 1. The van der Waals surface area contributed by atoms with Crippen LogP contribution in [-0.2, 0) is 32.7 Å². The van der Waals surface area contributed by atoms with Crippen molar-refractivity contribution < 1.29 is 42.1 Å². The first-order chi connectivity index (χ1) is 40.0. The minimum Gasteiger partial charge on any atom is -0.756 e. The molecule has 0 aliphatic heterocycles. The largest absolute Gasteiger partial charge is 0.756 e. The van der Waals surface area contributed by atoms with E-state index in [4.69, 9.17) is 18.5 Å².